The molecular formula is C78H61BN2. The molecule has 3 heteroatoms. The molecule has 2 nitrogen and oxygen atoms in total. The summed E-state index contributed by atoms with van der Waals surface area (Å²) in [6.07, 6.45) is 0. The summed E-state index contributed by atoms with van der Waals surface area (Å²) in [4.78, 5) is 4.01. The normalized spacial score (nSPS) is 15.1. The molecule has 2 aliphatic rings. The highest BCUT2D eigenvalue weighted by Crippen LogP contribution is 2.54. The molecule has 12 aromatic carbocycles. The van der Waals surface area contributed by atoms with Crippen molar-refractivity contribution in [1.29, 1.82) is 0 Å². The van der Waals surface area contributed by atoms with Crippen LogP contribution in [0.5, 0.6) is 0 Å². The summed E-state index contributed by atoms with van der Waals surface area (Å²) in [7, 11) is 0. The van der Waals surface area contributed by atoms with Gasteiger partial charge in [0.25, 0.3) is 6.71 Å². The van der Waals surface area contributed by atoms with Crippen LogP contribution in [0.15, 0.2) is 285 Å². The third-order valence-corrected chi connectivity index (χ3v) is 15.7. The van der Waals surface area contributed by atoms with E-state index in [0.29, 0.717) is 101 Å². The fraction of sp³-hybridized carbons (Fsp3) is 0.0769. The van der Waals surface area contributed by atoms with Crippen LogP contribution in [-0.4, -0.2) is 6.71 Å². The second-order valence-electron chi connectivity index (χ2n) is 21.1. The molecule has 0 bridgehead atoms. The molecule has 2 heterocycles. The van der Waals surface area contributed by atoms with Gasteiger partial charge in [0.2, 0.25) is 0 Å². The highest BCUT2D eigenvalue weighted by atomic mass is 15.2. The lowest BCUT2D eigenvalue weighted by Gasteiger charge is -2.46. The molecule has 386 valence electrons. The highest BCUT2D eigenvalue weighted by molar-refractivity contribution is 7.00. The second-order valence-corrected chi connectivity index (χ2v) is 21.1. The van der Waals surface area contributed by atoms with Gasteiger partial charge >= 0.3 is 0 Å². The molecular weight excluding hydrogens is 976 g/mol. The first-order chi connectivity index (χ1) is 46.5. The van der Waals surface area contributed by atoms with E-state index in [4.69, 9.17) is 8.22 Å². The SMILES string of the molecule is [2H]c1c([2H])c([2H])c(-c2ccc3c(c2)N(c2c(-c4ccccc4)c([2H])c([2H])c([2H])c2-c2ccccc2)c2cc(-c4ccc(C(C)C)cc4C(C)C)cc4c2B3c2ccc(-c3c([2H])c([2H])c([2H])c([2H])c3[2H])cc2N4c2c(-c3ccccc3)c([2H])c([2H])c([2H])c2-c2ccccc2)c([2H])c1[2H]. The molecule has 0 fully saturated rings. The molecule has 0 spiro atoms. The Hall–Kier alpha value is -9.70. The molecule has 0 saturated heterocycles. The quantitative estimate of drug-likeness (QED) is 0.119. The lowest BCUT2D eigenvalue weighted by molar-refractivity contribution is 0.835. The summed E-state index contributed by atoms with van der Waals surface area (Å²) >= 11 is 0. The first kappa shape index (κ1) is 35.0. The molecule has 81 heavy (non-hydrogen) atoms. The van der Waals surface area contributed by atoms with Crippen molar-refractivity contribution in [1.82, 2.24) is 0 Å². The Balaban J connectivity index is 1.26. The zero-order valence-electron chi connectivity index (χ0n) is 61.0. The van der Waals surface area contributed by atoms with Crippen LogP contribution in [0.25, 0.3) is 77.9 Å². The van der Waals surface area contributed by atoms with Crippen LogP contribution < -0.4 is 26.2 Å². The maximum atomic E-state index is 10.2. The van der Waals surface area contributed by atoms with Crippen molar-refractivity contribution >= 4 is 57.2 Å². The van der Waals surface area contributed by atoms with Crippen molar-refractivity contribution < 1.29 is 21.9 Å². The number of fused-ring (bicyclic) bond motifs is 4. The Morgan fingerprint density at radius 3 is 1.06 bits per heavy atom. The number of benzene rings is 12. The number of para-hydroxylation sites is 2. The van der Waals surface area contributed by atoms with E-state index in [2.05, 4.69) is 58.0 Å². The third kappa shape index (κ3) is 8.78. The average molecular weight is 1050 g/mol. The summed E-state index contributed by atoms with van der Waals surface area (Å²) in [6.45, 7) is 7.69. The Labute approximate surface area is 500 Å². The van der Waals surface area contributed by atoms with Crippen molar-refractivity contribution in [3.8, 4) is 77.9 Å². The summed E-state index contributed by atoms with van der Waals surface area (Å²) < 4.78 is 151. The Morgan fingerprint density at radius 2 is 0.691 bits per heavy atom. The smallest absolute Gasteiger partial charge is 0.252 e. The van der Waals surface area contributed by atoms with E-state index in [1.54, 1.807) is 24.3 Å². The van der Waals surface area contributed by atoms with Crippen LogP contribution in [0.1, 0.15) is 72.6 Å². The van der Waals surface area contributed by atoms with E-state index in [1.807, 2.05) is 143 Å². The fourth-order valence-corrected chi connectivity index (χ4v) is 11.9. The number of rotatable bonds is 11. The van der Waals surface area contributed by atoms with Crippen molar-refractivity contribution in [3.63, 3.8) is 0 Å². The topological polar surface area (TPSA) is 6.48 Å². The Kier molecular flexibility index (Phi) is 9.01. The van der Waals surface area contributed by atoms with Gasteiger partial charge in [-0.25, -0.2) is 0 Å². The van der Waals surface area contributed by atoms with Crippen LogP contribution in [0.2, 0.25) is 0 Å². The molecule has 0 aromatic heterocycles. The van der Waals surface area contributed by atoms with Gasteiger partial charge in [-0.1, -0.05) is 288 Å². The molecule has 0 radical (unpaired) electrons. The minimum atomic E-state index is -0.851. The van der Waals surface area contributed by atoms with Gasteiger partial charge in [0, 0.05) is 45.0 Å². The molecule has 0 aliphatic carbocycles. The second kappa shape index (κ2) is 20.8. The monoisotopic (exact) mass is 1050 g/mol. The summed E-state index contributed by atoms with van der Waals surface area (Å²) in [5.41, 5.74) is 11.6. The zero-order valence-corrected chi connectivity index (χ0v) is 45.0. The van der Waals surface area contributed by atoms with Crippen molar-refractivity contribution in [2.75, 3.05) is 9.80 Å². The number of hydrogen-bond acceptors (Lipinski definition) is 2. The van der Waals surface area contributed by atoms with Gasteiger partial charge in [0.15, 0.2) is 0 Å². The standard InChI is InChI=1S/C78H61BN2/c1-52(2)60-41-44-64(69(47-60)53(3)4)63-50-74-76-75(51-63)81(78-67(58-33-19-9-20-34-58)39-24-40-68(78)59-35-21-10-22-36-59)73-49-62(55-27-13-6-14-28-55)43-46-71(73)79(76)70-45-42-61(54-25-11-5-12-26-54)48-72(70)80(74)77-65(56-29-15-7-16-30-56)37-23-38-66(77)57-31-17-8-18-32-57/h5-53H,1-4H3/i5D,6D,11D,12D,13D,14D,23D,24D,25D,26D,27D,28D,37D,38D,39D,40D. The average Bonchev–Trinajstić information content (AvgIpc) is 0.683. The Morgan fingerprint density at radius 1 is 0.309 bits per heavy atom. The lowest BCUT2D eigenvalue weighted by atomic mass is 9.33. The molecule has 0 amide bonds. The largest absolute Gasteiger partial charge is 0.310 e. The van der Waals surface area contributed by atoms with Gasteiger partial charge in [-0.2, -0.15) is 0 Å². The maximum Gasteiger partial charge on any atom is 0.252 e. The highest BCUT2D eigenvalue weighted by Gasteiger charge is 2.45. The Bertz CT molecular complexity index is 4780. The predicted octanol–water partition coefficient (Wildman–Crippen LogP) is 19.7. The predicted molar refractivity (Wildman–Crippen MR) is 347 cm³/mol. The third-order valence-electron chi connectivity index (χ3n) is 15.7. The van der Waals surface area contributed by atoms with E-state index in [9.17, 15) is 13.7 Å². The lowest BCUT2D eigenvalue weighted by Crippen LogP contribution is -2.61. The van der Waals surface area contributed by atoms with Crippen LogP contribution in [0.3, 0.4) is 0 Å². The number of nitrogens with zero attached hydrogens (tertiary/aromatic N) is 2. The summed E-state index contributed by atoms with van der Waals surface area (Å²) in [6, 6.07) is 51.7. The number of anilines is 6. The van der Waals surface area contributed by atoms with Gasteiger partial charge in [-0.3, -0.25) is 0 Å². The minimum Gasteiger partial charge on any atom is -0.310 e. The van der Waals surface area contributed by atoms with E-state index in [-0.39, 0.29) is 70.3 Å². The van der Waals surface area contributed by atoms with E-state index in [0.717, 1.165) is 16.7 Å². The molecule has 0 N–H and O–H groups in total. The molecule has 0 saturated carbocycles. The molecule has 2 aliphatic heterocycles. The van der Waals surface area contributed by atoms with Gasteiger partial charge in [0.05, 0.1) is 33.3 Å². The summed E-state index contributed by atoms with van der Waals surface area (Å²) in [5.74, 6) is 0.0793. The van der Waals surface area contributed by atoms with Gasteiger partial charge < -0.3 is 9.80 Å². The van der Waals surface area contributed by atoms with Gasteiger partial charge in [-0.05, 0) is 119 Å². The molecule has 12 aromatic rings. The van der Waals surface area contributed by atoms with Crippen LogP contribution >= 0.6 is 0 Å². The van der Waals surface area contributed by atoms with Gasteiger partial charge in [0.1, 0.15) is 0 Å². The van der Waals surface area contributed by atoms with Crippen LogP contribution in [0, 0.1) is 0 Å². The van der Waals surface area contributed by atoms with E-state index < -0.39 is 67.1 Å². The van der Waals surface area contributed by atoms with Crippen molar-refractivity contribution in [3.05, 3.63) is 296 Å². The molecule has 14 rings (SSSR count). The van der Waals surface area contributed by atoms with Crippen LogP contribution in [0.4, 0.5) is 34.1 Å². The maximum absolute atomic E-state index is 10.2. The molecule has 0 unspecified atom stereocenters. The van der Waals surface area contributed by atoms with Crippen LogP contribution in [-0.2, 0) is 0 Å². The van der Waals surface area contributed by atoms with E-state index >= 15 is 0 Å². The zero-order chi connectivity index (χ0) is 68.5. The van der Waals surface area contributed by atoms with Crippen molar-refractivity contribution in [2.45, 2.75) is 39.5 Å². The van der Waals surface area contributed by atoms with Crippen molar-refractivity contribution in [2.24, 2.45) is 0 Å². The fourth-order valence-electron chi connectivity index (χ4n) is 11.9. The first-order valence-electron chi connectivity index (χ1n) is 35.4. The molecule has 0 atom stereocenters. The minimum absolute atomic E-state index is 0.0618. The number of hydrogen-bond donors (Lipinski definition) is 0. The van der Waals surface area contributed by atoms with Gasteiger partial charge in [-0.15, -0.1) is 0 Å². The first-order valence-corrected chi connectivity index (χ1v) is 27.4. The summed E-state index contributed by atoms with van der Waals surface area (Å²) in [5, 5.41) is 0. The van der Waals surface area contributed by atoms with E-state index in [1.165, 1.54) is 0 Å².